The first-order chi connectivity index (χ1) is 15.3. The van der Waals surface area contributed by atoms with Crippen LogP contribution in [-0.4, -0.2) is 70.0 Å². The smallest absolute Gasteiger partial charge is 0.490 e. The van der Waals surface area contributed by atoms with Gasteiger partial charge in [-0.1, -0.05) is 12.1 Å². The van der Waals surface area contributed by atoms with Crippen LogP contribution in [0.1, 0.15) is 17.5 Å². The van der Waals surface area contributed by atoms with E-state index in [1.54, 1.807) is 24.2 Å². The van der Waals surface area contributed by atoms with Gasteiger partial charge in [0.05, 0.1) is 32.3 Å². The predicted molar refractivity (Wildman–Crippen MR) is 106 cm³/mol. The van der Waals surface area contributed by atoms with E-state index in [1.165, 1.54) is 4.90 Å². The fourth-order valence-electron chi connectivity index (χ4n) is 2.95. The van der Waals surface area contributed by atoms with Crippen LogP contribution in [0.15, 0.2) is 36.7 Å². The fourth-order valence-corrected chi connectivity index (χ4v) is 2.95. The quantitative estimate of drug-likeness (QED) is 0.639. The molecule has 3 rings (SSSR count). The number of carboxylic acids is 1. The van der Waals surface area contributed by atoms with Crippen molar-refractivity contribution < 1.29 is 41.4 Å². The van der Waals surface area contributed by atoms with E-state index in [4.69, 9.17) is 20.4 Å². The third kappa shape index (κ3) is 7.70. The molecule has 0 radical (unpaired) electrons. The van der Waals surface area contributed by atoms with E-state index < -0.39 is 30.5 Å². The predicted octanol–water partition coefficient (Wildman–Crippen LogP) is 2.31. The molecule has 8 nitrogen and oxygen atoms in total. The molecule has 13 heteroatoms. The van der Waals surface area contributed by atoms with E-state index in [9.17, 15) is 26.7 Å². The molecular formula is C20H23F5N4O4. The molecule has 0 spiro atoms. The lowest BCUT2D eigenvalue weighted by Gasteiger charge is -2.36. The van der Waals surface area contributed by atoms with E-state index in [-0.39, 0.29) is 25.4 Å². The topological polar surface area (TPSA) is 111 Å². The van der Waals surface area contributed by atoms with Crippen molar-refractivity contribution in [2.75, 3.05) is 20.2 Å². The third-order valence-corrected chi connectivity index (χ3v) is 4.82. The van der Waals surface area contributed by atoms with Gasteiger partial charge in [0, 0.05) is 25.7 Å². The maximum Gasteiger partial charge on any atom is 0.490 e. The zero-order chi connectivity index (χ0) is 24.8. The van der Waals surface area contributed by atoms with Crippen LogP contribution >= 0.6 is 0 Å². The van der Waals surface area contributed by atoms with Gasteiger partial charge in [0.25, 0.3) is 5.92 Å². The van der Waals surface area contributed by atoms with Gasteiger partial charge in [0.1, 0.15) is 5.75 Å². The van der Waals surface area contributed by atoms with Gasteiger partial charge in [-0.15, -0.1) is 0 Å². The van der Waals surface area contributed by atoms with Crippen molar-refractivity contribution in [1.29, 1.82) is 0 Å². The Morgan fingerprint density at radius 2 is 1.85 bits per heavy atom. The Balaban J connectivity index is 0.000000479. The first kappa shape index (κ1) is 26.0. The molecule has 33 heavy (non-hydrogen) atoms. The van der Waals surface area contributed by atoms with Crippen LogP contribution in [-0.2, 0) is 22.6 Å². The minimum absolute atomic E-state index is 0.0273. The summed E-state index contributed by atoms with van der Waals surface area (Å²) in [6.07, 6.45) is -1.93. The first-order valence-corrected chi connectivity index (χ1v) is 9.67. The van der Waals surface area contributed by atoms with Gasteiger partial charge in [-0.25, -0.2) is 13.6 Å². The number of amides is 1. The summed E-state index contributed by atoms with van der Waals surface area (Å²) in [6.45, 7) is 0.477. The zero-order valence-electron chi connectivity index (χ0n) is 17.6. The molecule has 2 aromatic rings. The number of likely N-dealkylation sites (tertiary alicyclic amines) is 1. The average molecular weight is 478 g/mol. The second kappa shape index (κ2) is 10.6. The van der Waals surface area contributed by atoms with E-state index in [0.29, 0.717) is 6.54 Å². The molecule has 1 aliphatic heterocycles. The summed E-state index contributed by atoms with van der Waals surface area (Å²) in [5.74, 6) is -5.08. The summed E-state index contributed by atoms with van der Waals surface area (Å²) in [5, 5.41) is 11.4. The van der Waals surface area contributed by atoms with Gasteiger partial charge < -0.3 is 20.5 Å². The van der Waals surface area contributed by atoms with Crippen LogP contribution in [0.3, 0.4) is 0 Å². The summed E-state index contributed by atoms with van der Waals surface area (Å²) in [5.41, 5.74) is 7.27. The number of nitrogens with two attached hydrogens (primary N) is 1. The molecule has 1 amide bonds. The Kier molecular flexibility index (Phi) is 8.36. The second-order valence-corrected chi connectivity index (χ2v) is 7.33. The maximum atomic E-state index is 13.4. The number of carboxylic acid groups (broad SMARTS) is 1. The number of piperidine rings is 1. The highest BCUT2D eigenvalue weighted by Crippen LogP contribution is 2.27. The van der Waals surface area contributed by atoms with Crippen molar-refractivity contribution in [2.24, 2.45) is 5.73 Å². The van der Waals surface area contributed by atoms with Crippen LogP contribution in [0.4, 0.5) is 22.0 Å². The normalized spacial score (nSPS) is 17.7. The van der Waals surface area contributed by atoms with Gasteiger partial charge in [-0.05, 0) is 23.3 Å². The number of ether oxygens (including phenoxy) is 1. The van der Waals surface area contributed by atoms with Crippen molar-refractivity contribution in [3.8, 4) is 5.75 Å². The number of aliphatic carboxylic acids is 1. The molecule has 1 aliphatic rings. The lowest BCUT2D eigenvalue weighted by molar-refractivity contribution is -0.192. The van der Waals surface area contributed by atoms with E-state index in [0.717, 1.165) is 16.9 Å². The highest BCUT2D eigenvalue weighted by Gasteiger charge is 2.42. The Hall–Kier alpha value is -3.22. The summed E-state index contributed by atoms with van der Waals surface area (Å²) < 4.78 is 65.5. The summed E-state index contributed by atoms with van der Waals surface area (Å²) >= 11 is 0. The van der Waals surface area contributed by atoms with Gasteiger partial charge in [-0.2, -0.15) is 18.3 Å². The Morgan fingerprint density at radius 1 is 1.24 bits per heavy atom. The molecule has 1 fully saturated rings. The highest BCUT2D eigenvalue weighted by atomic mass is 19.4. The number of methoxy groups -OCH3 is 1. The Labute approximate surface area is 185 Å². The number of rotatable bonds is 5. The van der Waals surface area contributed by atoms with Crippen LogP contribution in [0.2, 0.25) is 0 Å². The first-order valence-electron chi connectivity index (χ1n) is 9.67. The van der Waals surface area contributed by atoms with Crippen molar-refractivity contribution in [2.45, 2.75) is 37.5 Å². The summed E-state index contributed by atoms with van der Waals surface area (Å²) in [6, 6.07) is 6.33. The molecule has 0 saturated carbocycles. The highest BCUT2D eigenvalue weighted by molar-refractivity contribution is 5.78. The standard InChI is InChI=1S/C18H22F2N4O2.C2HF3O2/c1-26-15-4-2-13(3-5-15)10-24-11-14(9-22-24)8-17(25)23-7-6-18(19,20)16(21)12-23;3-2(4,5)1(6)7/h2-5,9,11,16H,6-8,10,12,21H2,1H3;(H,6,7). The third-order valence-electron chi connectivity index (χ3n) is 4.82. The molecule has 0 aliphatic carbocycles. The molecule has 1 aromatic heterocycles. The van der Waals surface area contributed by atoms with Crippen molar-refractivity contribution in [1.82, 2.24) is 14.7 Å². The number of halogens is 5. The number of hydrogen-bond acceptors (Lipinski definition) is 5. The number of nitrogens with zero attached hydrogens (tertiary/aromatic N) is 3. The van der Waals surface area contributed by atoms with Crippen molar-refractivity contribution in [3.05, 3.63) is 47.8 Å². The zero-order valence-corrected chi connectivity index (χ0v) is 17.6. The van der Waals surface area contributed by atoms with Gasteiger partial charge in [-0.3, -0.25) is 9.48 Å². The number of carbonyl (C=O) groups excluding carboxylic acids is 1. The summed E-state index contributed by atoms with van der Waals surface area (Å²) in [4.78, 5) is 22.6. The number of hydrogen-bond donors (Lipinski definition) is 2. The Morgan fingerprint density at radius 3 is 2.36 bits per heavy atom. The van der Waals surface area contributed by atoms with Crippen molar-refractivity contribution in [3.63, 3.8) is 0 Å². The molecule has 1 atom stereocenters. The van der Waals surface area contributed by atoms with Gasteiger partial charge in [0.2, 0.25) is 5.91 Å². The molecule has 1 saturated heterocycles. The van der Waals surface area contributed by atoms with Crippen LogP contribution < -0.4 is 10.5 Å². The SMILES string of the molecule is COc1ccc(Cn2cc(CC(=O)N3CCC(F)(F)C(N)C3)cn2)cc1.O=C(O)C(F)(F)F. The maximum absolute atomic E-state index is 13.4. The molecule has 3 N–H and O–H groups in total. The van der Waals surface area contributed by atoms with Crippen LogP contribution in [0.25, 0.3) is 0 Å². The van der Waals surface area contributed by atoms with E-state index in [2.05, 4.69) is 5.10 Å². The average Bonchev–Trinajstić information content (AvgIpc) is 3.17. The fraction of sp³-hybridized carbons (Fsp3) is 0.450. The van der Waals surface area contributed by atoms with Gasteiger partial charge in [0.15, 0.2) is 0 Å². The molecule has 0 bridgehead atoms. The minimum Gasteiger partial charge on any atom is -0.497 e. The van der Waals surface area contributed by atoms with Crippen molar-refractivity contribution >= 4 is 11.9 Å². The lowest BCUT2D eigenvalue weighted by atomic mass is 10.0. The lowest BCUT2D eigenvalue weighted by Crippen LogP contribution is -2.56. The Bertz CT molecular complexity index is 947. The number of aromatic nitrogens is 2. The second-order valence-electron chi connectivity index (χ2n) is 7.33. The number of carbonyl (C=O) groups is 2. The molecule has 182 valence electrons. The monoisotopic (exact) mass is 478 g/mol. The molecular weight excluding hydrogens is 455 g/mol. The van der Waals surface area contributed by atoms with Crippen LogP contribution in [0, 0.1) is 0 Å². The summed E-state index contributed by atoms with van der Waals surface area (Å²) in [7, 11) is 1.61. The molecule has 1 aromatic carbocycles. The molecule has 1 unspecified atom stereocenters. The minimum atomic E-state index is -5.08. The largest absolute Gasteiger partial charge is 0.497 e. The van der Waals surface area contributed by atoms with E-state index >= 15 is 0 Å². The number of alkyl halides is 5. The molecule has 2 heterocycles. The van der Waals surface area contributed by atoms with Gasteiger partial charge >= 0.3 is 12.1 Å². The number of benzene rings is 1. The van der Waals surface area contributed by atoms with E-state index in [1.807, 2.05) is 24.3 Å². The van der Waals surface area contributed by atoms with Crippen LogP contribution in [0.5, 0.6) is 5.75 Å².